The summed E-state index contributed by atoms with van der Waals surface area (Å²) < 4.78 is 11.7. The maximum absolute atomic E-state index is 11.3. The third kappa shape index (κ3) is 1.60. The fourth-order valence-corrected chi connectivity index (χ4v) is 3.04. The van der Waals surface area contributed by atoms with Crippen molar-refractivity contribution >= 4 is 27.6 Å². The van der Waals surface area contributed by atoms with Crippen LogP contribution in [0.5, 0.6) is 0 Å². The van der Waals surface area contributed by atoms with Crippen molar-refractivity contribution in [3.63, 3.8) is 0 Å². The molecule has 1 fully saturated rings. The van der Waals surface area contributed by atoms with Crippen molar-refractivity contribution in [1.29, 1.82) is 0 Å². The molecule has 1 aromatic carbocycles. The molecule has 0 aliphatic carbocycles. The molecule has 1 saturated heterocycles. The van der Waals surface area contributed by atoms with Crippen LogP contribution in [0.15, 0.2) is 29.6 Å². The summed E-state index contributed by atoms with van der Waals surface area (Å²) in [6.07, 6.45) is -0.930. The lowest BCUT2D eigenvalue weighted by atomic mass is 9.93. The molecule has 0 N–H and O–H groups in total. The first kappa shape index (κ1) is 10.6. The quantitative estimate of drug-likeness (QED) is 0.718. The highest BCUT2D eigenvalue weighted by molar-refractivity contribution is 7.17. The number of hydrogen-bond donors (Lipinski definition) is 0. The molecule has 1 aliphatic rings. The third-order valence-electron chi connectivity index (χ3n) is 3.00. The fourth-order valence-electron chi connectivity index (χ4n) is 2.21. The van der Waals surface area contributed by atoms with Crippen LogP contribution in [0.1, 0.15) is 25.5 Å². The Bertz CT molecular complexity index is 585. The summed E-state index contributed by atoms with van der Waals surface area (Å²) in [6, 6.07) is 8.09. The molecule has 88 valence electrons. The highest BCUT2D eigenvalue weighted by atomic mass is 32.1. The summed E-state index contributed by atoms with van der Waals surface area (Å²) in [5.74, 6) is 0. The molecule has 0 spiro atoms. The van der Waals surface area contributed by atoms with Crippen molar-refractivity contribution < 1.29 is 14.3 Å². The van der Waals surface area contributed by atoms with Gasteiger partial charge in [0.2, 0.25) is 0 Å². The van der Waals surface area contributed by atoms with Crippen LogP contribution < -0.4 is 0 Å². The third-order valence-corrected chi connectivity index (χ3v) is 3.89. The van der Waals surface area contributed by atoms with Gasteiger partial charge in [-0.3, -0.25) is 0 Å². The van der Waals surface area contributed by atoms with E-state index in [2.05, 4.69) is 12.1 Å². The molecule has 0 amide bonds. The summed E-state index contributed by atoms with van der Waals surface area (Å²) in [6.45, 7) is 3.74. The van der Waals surface area contributed by atoms with Crippen LogP contribution in [0, 0.1) is 0 Å². The number of ether oxygens (including phenoxy) is 2. The van der Waals surface area contributed by atoms with E-state index in [-0.39, 0.29) is 6.10 Å². The first-order valence-electron chi connectivity index (χ1n) is 5.44. The van der Waals surface area contributed by atoms with Gasteiger partial charge in [-0.15, -0.1) is 11.3 Å². The Morgan fingerprint density at radius 2 is 2.12 bits per heavy atom. The number of cyclic esters (lactones) is 2. The van der Waals surface area contributed by atoms with E-state index in [0.717, 1.165) is 10.9 Å². The van der Waals surface area contributed by atoms with Gasteiger partial charge in [-0.2, -0.15) is 0 Å². The second kappa shape index (κ2) is 3.47. The first-order chi connectivity index (χ1) is 8.08. The number of thiophene rings is 1. The summed E-state index contributed by atoms with van der Waals surface area (Å²) in [4.78, 5) is 11.3. The van der Waals surface area contributed by atoms with Gasteiger partial charge in [-0.25, -0.2) is 4.79 Å². The van der Waals surface area contributed by atoms with Crippen molar-refractivity contribution in [3.8, 4) is 0 Å². The topological polar surface area (TPSA) is 35.5 Å². The van der Waals surface area contributed by atoms with E-state index >= 15 is 0 Å². The smallest absolute Gasteiger partial charge is 0.424 e. The largest absolute Gasteiger partial charge is 0.509 e. The lowest BCUT2D eigenvalue weighted by Crippen LogP contribution is -2.26. The van der Waals surface area contributed by atoms with Crippen LogP contribution in [0.25, 0.3) is 10.1 Å². The molecule has 1 aliphatic heterocycles. The Kier molecular flexibility index (Phi) is 2.16. The average molecular weight is 248 g/mol. The Morgan fingerprint density at radius 3 is 2.82 bits per heavy atom. The average Bonchev–Trinajstić information content (AvgIpc) is 2.81. The van der Waals surface area contributed by atoms with Crippen LogP contribution in [0.4, 0.5) is 4.79 Å². The summed E-state index contributed by atoms with van der Waals surface area (Å²) >= 11 is 1.68. The van der Waals surface area contributed by atoms with Crippen LogP contribution >= 0.6 is 11.3 Å². The molecule has 2 heterocycles. The molecular formula is C13H12O3S. The zero-order valence-corrected chi connectivity index (χ0v) is 10.4. The van der Waals surface area contributed by atoms with E-state index in [1.165, 1.54) is 4.70 Å². The van der Waals surface area contributed by atoms with Gasteiger partial charge in [0.05, 0.1) is 0 Å². The van der Waals surface area contributed by atoms with E-state index in [1.54, 1.807) is 11.3 Å². The van der Waals surface area contributed by atoms with Gasteiger partial charge in [-0.1, -0.05) is 12.1 Å². The minimum Gasteiger partial charge on any atom is -0.424 e. The molecule has 17 heavy (non-hydrogen) atoms. The van der Waals surface area contributed by atoms with Crippen molar-refractivity contribution in [2.45, 2.75) is 25.6 Å². The predicted octanol–water partition coefficient (Wildman–Crippen LogP) is 3.89. The van der Waals surface area contributed by atoms with Crippen LogP contribution in [0.2, 0.25) is 0 Å². The Morgan fingerprint density at radius 1 is 1.29 bits per heavy atom. The minimum atomic E-state index is -0.618. The van der Waals surface area contributed by atoms with Crippen molar-refractivity contribution in [1.82, 2.24) is 0 Å². The highest BCUT2D eigenvalue weighted by Gasteiger charge is 2.45. The number of fused-ring (bicyclic) bond motifs is 1. The van der Waals surface area contributed by atoms with Gasteiger partial charge in [-0.05, 0) is 36.7 Å². The van der Waals surface area contributed by atoms with E-state index < -0.39 is 11.8 Å². The number of carbonyl (C=O) groups excluding carboxylic acids is 1. The monoisotopic (exact) mass is 248 g/mol. The lowest BCUT2D eigenvalue weighted by molar-refractivity contribution is 0.0647. The van der Waals surface area contributed by atoms with Crippen molar-refractivity contribution in [2.75, 3.05) is 0 Å². The molecule has 2 aromatic rings. The first-order valence-corrected chi connectivity index (χ1v) is 6.32. The number of hydrogen-bond acceptors (Lipinski definition) is 4. The molecule has 0 saturated carbocycles. The SMILES string of the molecule is CC1(C)OC(=O)OC1c1cccc2sccc12. The van der Waals surface area contributed by atoms with Gasteiger partial charge < -0.3 is 9.47 Å². The fraction of sp³-hybridized carbons (Fsp3) is 0.308. The number of rotatable bonds is 1. The molecule has 3 nitrogen and oxygen atoms in total. The van der Waals surface area contributed by atoms with Crippen molar-refractivity contribution in [2.24, 2.45) is 0 Å². The van der Waals surface area contributed by atoms with Crippen LogP contribution in [-0.4, -0.2) is 11.8 Å². The molecule has 1 atom stereocenters. The standard InChI is InChI=1S/C13H12O3S/c1-13(2)11(15-12(14)16-13)9-4-3-5-10-8(9)6-7-17-10/h3-7,11H,1-2H3. The number of carbonyl (C=O) groups is 1. The minimum absolute atomic E-state index is 0.340. The van der Waals surface area contributed by atoms with Gasteiger partial charge in [0.15, 0.2) is 11.7 Å². The summed E-state index contributed by atoms with van der Waals surface area (Å²) in [7, 11) is 0. The van der Waals surface area contributed by atoms with E-state index in [9.17, 15) is 4.79 Å². The molecule has 4 heteroatoms. The van der Waals surface area contributed by atoms with E-state index in [1.807, 2.05) is 31.4 Å². The Labute approximate surface area is 103 Å². The van der Waals surface area contributed by atoms with Gasteiger partial charge in [0.25, 0.3) is 0 Å². The molecular weight excluding hydrogens is 236 g/mol. The maximum Gasteiger partial charge on any atom is 0.509 e. The second-order valence-corrected chi connectivity index (χ2v) is 5.58. The Balaban J connectivity index is 2.15. The molecule has 3 rings (SSSR count). The zero-order chi connectivity index (χ0) is 12.0. The maximum atomic E-state index is 11.3. The summed E-state index contributed by atoms with van der Waals surface area (Å²) in [5.41, 5.74) is 0.396. The lowest BCUT2D eigenvalue weighted by Gasteiger charge is -2.22. The normalized spacial score (nSPS) is 22.5. The molecule has 0 radical (unpaired) electrons. The van der Waals surface area contributed by atoms with Crippen molar-refractivity contribution in [3.05, 3.63) is 35.2 Å². The Hall–Kier alpha value is -1.55. The molecule has 0 bridgehead atoms. The van der Waals surface area contributed by atoms with E-state index in [4.69, 9.17) is 9.47 Å². The van der Waals surface area contributed by atoms with Gasteiger partial charge >= 0.3 is 6.16 Å². The second-order valence-electron chi connectivity index (χ2n) is 4.63. The zero-order valence-electron chi connectivity index (χ0n) is 9.60. The van der Waals surface area contributed by atoms with Gasteiger partial charge in [0, 0.05) is 10.3 Å². The van der Waals surface area contributed by atoms with Gasteiger partial charge in [0.1, 0.15) is 0 Å². The number of benzene rings is 1. The molecule has 1 aromatic heterocycles. The summed E-state index contributed by atoms with van der Waals surface area (Å²) in [5, 5.41) is 3.17. The predicted molar refractivity (Wildman–Crippen MR) is 66.2 cm³/mol. The van der Waals surface area contributed by atoms with Crippen LogP contribution in [-0.2, 0) is 9.47 Å². The molecule has 1 unspecified atom stereocenters. The van der Waals surface area contributed by atoms with Crippen LogP contribution in [0.3, 0.4) is 0 Å². The highest BCUT2D eigenvalue weighted by Crippen LogP contribution is 2.41. The van der Waals surface area contributed by atoms with E-state index in [0.29, 0.717) is 0 Å².